The maximum atomic E-state index is 12.1. The van der Waals surface area contributed by atoms with Crippen molar-refractivity contribution in [3.63, 3.8) is 0 Å². The number of esters is 1. The van der Waals surface area contributed by atoms with Crippen LogP contribution in [0, 0.1) is 5.92 Å². The Balaban J connectivity index is 1.94. The summed E-state index contributed by atoms with van der Waals surface area (Å²) in [6.45, 7) is 3.86. The summed E-state index contributed by atoms with van der Waals surface area (Å²) in [6, 6.07) is 6.77. The molecule has 0 radical (unpaired) electrons. The Kier molecular flexibility index (Phi) is 6.04. The van der Waals surface area contributed by atoms with Crippen molar-refractivity contribution < 1.29 is 18.7 Å². The second-order valence-corrected chi connectivity index (χ2v) is 6.12. The third-order valence-electron chi connectivity index (χ3n) is 3.59. The molecule has 0 fully saturated rings. The Bertz CT molecular complexity index is 653. The van der Waals surface area contributed by atoms with Gasteiger partial charge in [-0.3, -0.25) is 4.79 Å². The van der Waals surface area contributed by atoms with E-state index in [0.717, 1.165) is 11.9 Å². The van der Waals surface area contributed by atoms with E-state index in [2.05, 4.69) is 10.3 Å². The van der Waals surface area contributed by atoms with Crippen molar-refractivity contribution in [3.8, 4) is 0 Å². The molecule has 0 saturated carbocycles. The zero-order valence-electron chi connectivity index (χ0n) is 13.4. The summed E-state index contributed by atoms with van der Waals surface area (Å²) in [4.78, 5) is 28.1. The number of oxazole rings is 1. The number of hydrogen-bond acceptors (Lipinski definition) is 6. The molecule has 1 aromatic heterocycles. The van der Waals surface area contributed by atoms with Crippen LogP contribution in [0.4, 0.5) is 0 Å². The molecule has 1 N–H and O–H groups in total. The van der Waals surface area contributed by atoms with Gasteiger partial charge in [0.2, 0.25) is 5.91 Å². The number of nitrogens with one attached hydrogen (secondary N) is 1. The summed E-state index contributed by atoms with van der Waals surface area (Å²) in [5, 5.41) is 3.15. The number of fused-ring (bicyclic) bond motifs is 1. The van der Waals surface area contributed by atoms with E-state index in [9.17, 15) is 9.59 Å². The van der Waals surface area contributed by atoms with Gasteiger partial charge in [-0.2, -0.15) is 0 Å². The smallest absolute Gasteiger partial charge is 0.328 e. The highest BCUT2D eigenvalue weighted by Crippen LogP contribution is 2.23. The first kappa shape index (κ1) is 17.3. The molecule has 1 amide bonds. The van der Waals surface area contributed by atoms with Crippen LogP contribution in [-0.4, -0.2) is 35.8 Å². The predicted octanol–water partition coefficient (Wildman–Crippen LogP) is 2.62. The average molecular weight is 336 g/mol. The van der Waals surface area contributed by atoms with Gasteiger partial charge in [0.25, 0.3) is 5.22 Å². The van der Waals surface area contributed by atoms with E-state index < -0.39 is 12.0 Å². The molecule has 7 heteroatoms. The minimum atomic E-state index is -0.637. The average Bonchev–Trinajstić information content (AvgIpc) is 2.99. The number of para-hydroxylation sites is 2. The van der Waals surface area contributed by atoms with Gasteiger partial charge in [0.1, 0.15) is 11.6 Å². The molecule has 0 saturated heterocycles. The van der Waals surface area contributed by atoms with Crippen LogP contribution in [0.2, 0.25) is 0 Å². The number of amides is 1. The van der Waals surface area contributed by atoms with E-state index in [0.29, 0.717) is 10.8 Å². The van der Waals surface area contributed by atoms with Crippen molar-refractivity contribution in [2.75, 3.05) is 12.9 Å². The number of carbonyl (C=O) groups excluding carboxylic acids is 2. The number of thioether (sulfide) groups is 1. The van der Waals surface area contributed by atoms with Crippen molar-refractivity contribution in [1.82, 2.24) is 10.3 Å². The highest BCUT2D eigenvalue weighted by molar-refractivity contribution is 7.99. The molecule has 0 aliphatic heterocycles. The van der Waals surface area contributed by atoms with Crippen LogP contribution in [0.1, 0.15) is 20.3 Å². The monoisotopic (exact) mass is 336 g/mol. The largest absolute Gasteiger partial charge is 0.467 e. The van der Waals surface area contributed by atoms with E-state index >= 15 is 0 Å². The highest BCUT2D eigenvalue weighted by atomic mass is 32.2. The molecule has 2 aromatic rings. The van der Waals surface area contributed by atoms with Crippen molar-refractivity contribution in [1.29, 1.82) is 0 Å². The van der Waals surface area contributed by atoms with Crippen molar-refractivity contribution in [3.05, 3.63) is 24.3 Å². The number of rotatable bonds is 7. The third kappa shape index (κ3) is 4.48. The summed E-state index contributed by atoms with van der Waals surface area (Å²) in [5.41, 5.74) is 1.44. The van der Waals surface area contributed by atoms with Gasteiger partial charge in [-0.25, -0.2) is 9.78 Å². The standard InChI is InChI=1S/C16H20N2O4S/c1-4-10(2)14(15(20)21-3)18-13(19)9-23-16-17-11-7-5-6-8-12(11)22-16/h5-8,10,14H,4,9H2,1-3H3,(H,18,19). The Morgan fingerprint density at radius 1 is 1.39 bits per heavy atom. The molecule has 0 aliphatic carbocycles. The molecule has 0 spiro atoms. The Morgan fingerprint density at radius 2 is 2.13 bits per heavy atom. The minimum Gasteiger partial charge on any atom is -0.467 e. The van der Waals surface area contributed by atoms with Crippen LogP contribution in [-0.2, 0) is 14.3 Å². The molecule has 2 atom stereocenters. The molecule has 124 valence electrons. The summed E-state index contributed by atoms with van der Waals surface area (Å²) in [7, 11) is 1.32. The molecule has 1 aromatic carbocycles. The fourth-order valence-corrected chi connectivity index (χ4v) is 2.70. The summed E-state index contributed by atoms with van der Waals surface area (Å²) < 4.78 is 10.3. The van der Waals surface area contributed by atoms with Gasteiger partial charge < -0.3 is 14.5 Å². The lowest BCUT2D eigenvalue weighted by atomic mass is 9.99. The van der Waals surface area contributed by atoms with Crippen LogP contribution >= 0.6 is 11.8 Å². The molecular weight excluding hydrogens is 316 g/mol. The molecule has 2 rings (SSSR count). The first-order valence-corrected chi connectivity index (χ1v) is 8.39. The fraction of sp³-hybridized carbons (Fsp3) is 0.438. The number of carbonyl (C=O) groups is 2. The van der Waals surface area contributed by atoms with Gasteiger partial charge in [0.05, 0.1) is 12.9 Å². The van der Waals surface area contributed by atoms with Gasteiger partial charge >= 0.3 is 5.97 Å². The van der Waals surface area contributed by atoms with E-state index in [4.69, 9.17) is 9.15 Å². The molecule has 23 heavy (non-hydrogen) atoms. The van der Waals surface area contributed by atoms with Crippen LogP contribution < -0.4 is 5.32 Å². The van der Waals surface area contributed by atoms with E-state index in [1.54, 1.807) is 0 Å². The molecule has 0 bridgehead atoms. The van der Waals surface area contributed by atoms with E-state index in [1.807, 2.05) is 38.1 Å². The quantitative estimate of drug-likeness (QED) is 0.618. The molecule has 6 nitrogen and oxygen atoms in total. The number of ether oxygens (including phenoxy) is 1. The first-order valence-electron chi connectivity index (χ1n) is 7.40. The van der Waals surface area contributed by atoms with E-state index in [1.165, 1.54) is 18.9 Å². The van der Waals surface area contributed by atoms with Gasteiger partial charge in [-0.15, -0.1) is 0 Å². The maximum Gasteiger partial charge on any atom is 0.328 e. The zero-order chi connectivity index (χ0) is 16.8. The Morgan fingerprint density at radius 3 is 2.78 bits per heavy atom. The zero-order valence-corrected chi connectivity index (χ0v) is 14.2. The summed E-state index contributed by atoms with van der Waals surface area (Å²) in [6.07, 6.45) is 0.762. The predicted molar refractivity (Wildman–Crippen MR) is 88.1 cm³/mol. The third-order valence-corrected chi connectivity index (χ3v) is 4.41. The molecular formula is C16H20N2O4S. The van der Waals surface area contributed by atoms with Gasteiger partial charge in [-0.05, 0) is 18.1 Å². The summed E-state index contributed by atoms with van der Waals surface area (Å²) in [5.74, 6) is -0.565. The molecule has 0 aliphatic rings. The van der Waals surface area contributed by atoms with Crippen LogP contribution in [0.5, 0.6) is 0 Å². The highest BCUT2D eigenvalue weighted by Gasteiger charge is 2.26. The lowest BCUT2D eigenvalue weighted by Crippen LogP contribution is -2.46. The number of hydrogen-bond donors (Lipinski definition) is 1. The number of benzene rings is 1. The van der Waals surface area contributed by atoms with Crippen molar-refractivity contribution in [2.24, 2.45) is 5.92 Å². The SMILES string of the molecule is CCC(C)C(NC(=O)CSc1nc2ccccc2o1)C(=O)OC. The summed E-state index contributed by atoms with van der Waals surface area (Å²) >= 11 is 1.19. The lowest BCUT2D eigenvalue weighted by Gasteiger charge is -2.21. The second-order valence-electron chi connectivity index (χ2n) is 5.19. The van der Waals surface area contributed by atoms with Crippen LogP contribution in [0.15, 0.2) is 33.9 Å². The van der Waals surface area contributed by atoms with Gasteiger partial charge in [0, 0.05) is 0 Å². The maximum absolute atomic E-state index is 12.1. The normalized spacial score (nSPS) is 13.5. The molecule has 2 unspecified atom stereocenters. The Labute approximate surface area is 139 Å². The van der Waals surface area contributed by atoms with Gasteiger partial charge in [0.15, 0.2) is 5.58 Å². The number of methoxy groups -OCH3 is 1. The molecule has 1 heterocycles. The van der Waals surface area contributed by atoms with Crippen molar-refractivity contribution in [2.45, 2.75) is 31.5 Å². The number of nitrogens with zero attached hydrogens (tertiary/aromatic N) is 1. The Hall–Kier alpha value is -2.02. The lowest BCUT2D eigenvalue weighted by molar-refractivity contribution is -0.146. The minimum absolute atomic E-state index is 0.000672. The topological polar surface area (TPSA) is 81.4 Å². The van der Waals surface area contributed by atoms with Crippen LogP contribution in [0.3, 0.4) is 0 Å². The van der Waals surface area contributed by atoms with Crippen LogP contribution in [0.25, 0.3) is 11.1 Å². The van der Waals surface area contributed by atoms with Gasteiger partial charge in [-0.1, -0.05) is 44.2 Å². The first-order chi connectivity index (χ1) is 11.0. The van der Waals surface area contributed by atoms with E-state index in [-0.39, 0.29) is 17.6 Å². The second kappa shape index (κ2) is 8.01. The number of aromatic nitrogens is 1. The van der Waals surface area contributed by atoms with Crippen molar-refractivity contribution >= 4 is 34.7 Å². The fourth-order valence-electron chi connectivity index (χ4n) is 2.05.